The highest BCUT2D eigenvalue weighted by atomic mass is 16.3. The normalized spacial score (nSPS) is 17.8. The van der Waals surface area contributed by atoms with Crippen molar-refractivity contribution in [2.45, 2.75) is 31.5 Å². The maximum atomic E-state index is 9.52. The third-order valence-electron chi connectivity index (χ3n) is 2.30. The molecule has 0 aliphatic heterocycles. The molecular weight excluding hydrogens is 188 g/mol. The summed E-state index contributed by atoms with van der Waals surface area (Å²) in [6.07, 6.45) is -0.770. The molecular formula is C9H20O5. The predicted octanol–water partition coefficient (Wildman–Crippen LogP) is -1.53. The highest BCUT2D eigenvalue weighted by Gasteiger charge is 2.25. The van der Waals surface area contributed by atoms with Crippen molar-refractivity contribution >= 4 is 0 Å². The van der Waals surface area contributed by atoms with E-state index in [0.29, 0.717) is 12.8 Å². The summed E-state index contributed by atoms with van der Waals surface area (Å²) >= 11 is 0. The lowest BCUT2D eigenvalue weighted by Gasteiger charge is -2.25. The van der Waals surface area contributed by atoms with Crippen LogP contribution in [0.3, 0.4) is 0 Å². The van der Waals surface area contributed by atoms with Gasteiger partial charge in [-0.25, -0.2) is 0 Å². The van der Waals surface area contributed by atoms with Crippen molar-refractivity contribution in [3.05, 3.63) is 0 Å². The van der Waals surface area contributed by atoms with E-state index in [1.54, 1.807) is 0 Å². The third kappa shape index (κ3) is 4.88. The summed E-state index contributed by atoms with van der Waals surface area (Å²) < 4.78 is 0. The largest absolute Gasteiger partial charge is 0.396 e. The van der Waals surface area contributed by atoms with Gasteiger partial charge in [0, 0.05) is 19.1 Å². The van der Waals surface area contributed by atoms with Crippen LogP contribution in [0.25, 0.3) is 0 Å². The summed E-state index contributed by atoms with van der Waals surface area (Å²) in [5, 5.41) is 44.8. The van der Waals surface area contributed by atoms with Gasteiger partial charge in [-0.15, -0.1) is 0 Å². The first-order valence-electron chi connectivity index (χ1n) is 4.86. The van der Waals surface area contributed by atoms with E-state index in [0.717, 1.165) is 0 Å². The fourth-order valence-electron chi connectivity index (χ4n) is 1.45. The molecule has 0 rings (SSSR count). The van der Waals surface area contributed by atoms with Crippen LogP contribution in [0.15, 0.2) is 0 Å². The zero-order valence-corrected chi connectivity index (χ0v) is 8.21. The molecule has 0 fully saturated rings. The van der Waals surface area contributed by atoms with Crippen molar-refractivity contribution in [2.75, 3.05) is 19.8 Å². The second kappa shape index (κ2) is 8.14. The van der Waals surface area contributed by atoms with Crippen molar-refractivity contribution in [2.24, 2.45) is 5.92 Å². The van der Waals surface area contributed by atoms with Crippen molar-refractivity contribution in [1.29, 1.82) is 0 Å². The van der Waals surface area contributed by atoms with Crippen LogP contribution in [0.2, 0.25) is 0 Å². The first-order chi connectivity index (χ1) is 6.67. The van der Waals surface area contributed by atoms with Gasteiger partial charge in [-0.1, -0.05) is 0 Å². The van der Waals surface area contributed by atoms with Gasteiger partial charge in [-0.2, -0.15) is 0 Å². The maximum Gasteiger partial charge on any atom is 0.0823 e. The molecule has 0 radical (unpaired) electrons. The number of rotatable bonds is 8. The van der Waals surface area contributed by atoms with Crippen molar-refractivity contribution in [3.63, 3.8) is 0 Å². The Morgan fingerprint density at radius 1 is 0.786 bits per heavy atom. The predicted molar refractivity (Wildman–Crippen MR) is 50.6 cm³/mol. The van der Waals surface area contributed by atoms with E-state index in [2.05, 4.69) is 0 Å². The molecule has 0 aromatic carbocycles. The third-order valence-corrected chi connectivity index (χ3v) is 2.30. The van der Waals surface area contributed by atoms with E-state index in [9.17, 15) is 10.2 Å². The molecule has 0 aliphatic rings. The van der Waals surface area contributed by atoms with Crippen molar-refractivity contribution in [1.82, 2.24) is 0 Å². The Kier molecular flexibility index (Phi) is 8.02. The summed E-state index contributed by atoms with van der Waals surface area (Å²) in [6, 6.07) is 0. The lowest BCUT2D eigenvalue weighted by atomic mass is 9.90. The highest BCUT2D eigenvalue weighted by molar-refractivity contribution is 4.75. The highest BCUT2D eigenvalue weighted by Crippen LogP contribution is 2.18. The lowest BCUT2D eigenvalue weighted by Crippen LogP contribution is -2.35. The maximum absolute atomic E-state index is 9.52. The lowest BCUT2D eigenvalue weighted by molar-refractivity contribution is -0.0293. The molecule has 0 saturated carbocycles. The standard InChI is InChI=1S/C9H20O5/c10-4-1-2-7(9(14)6-12)8(13)3-5-11/h7-14H,1-6H2. The van der Waals surface area contributed by atoms with Gasteiger partial charge >= 0.3 is 0 Å². The van der Waals surface area contributed by atoms with Gasteiger partial charge < -0.3 is 25.5 Å². The molecule has 5 heteroatoms. The molecule has 0 saturated heterocycles. The Morgan fingerprint density at radius 2 is 1.43 bits per heavy atom. The molecule has 0 spiro atoms. The molecule has 0 aliphatic carbocycles. The molecule has 5 nitrogen and oxygen atoms in total. The van der Waals surface area contributed by atoms with Crippen LogP contribution in [0.1, 0.15) is 19.3 Å². The number of hydrogen-bond acceptors (Lipinski definition) is 5. The summed E-state index contributed by atoms with van der Waals surface area (Å²) in [4.78, 5) is 0. The van der Waals surface area contributed by atoms with Crippen LogP contribution < -0.4 is 0 Å². The fraction of sp³-hybridized carbons (Fsp3) is 1.00. The van der Waals surface area contributed by atoms with E-state index in [1.807, 2.05) is 0 Å². The molecule has 5 N–H and O–H groups in total. The first-order valence-corrected chi connectivity index (χ1v) is 4.86. The van der Waals surface area contributed by atoms with E-state index < -0.39 is 24.7 Å². The van der Waals surface area contributed by atoms with Crippen LogP contribution in [0.5, 0.6) is 0 Å². The molecule has 0 heterocycles. The molecule has 14 heavy (non-hydrogen) atoms. The van der Waals surface area contributed by atoms with Gasteiger partial charge in [0.2, 0.25) is 0 Å². The molecule has 0 bridgehead atoms. The summed E-state index contributed by atoms with van der Waals surface area (Å²) in [5.74, 6) is -0.487. The smallest absolute Gasteiger partial charge is 0.0823 e. The fourth-order valence-corrected chi connectivity index (χ4v) is 1.45. The van der Waals surface area contributed by atoms with Crippen LogP contribution in [-0.4, -0.2) is 57.6 Å². The second-order valence-corrected chi connectivity index (χ2v) is 3.36. The van der Waals surface area contributed by atoms with Gasteiger partial charge in [-0.05, 0) is 19.3 Å². The zero-order chi connectivity index (χ0) is 11.0. The molecule has 86 valence electrons. The molecule has 0 amide bonds. The van der Waals surface area contributed by atoms with E-state index in [-0.39, 0.29) is 19.6 Å². The van der Waals surface area contributed by atoms with Crippen LogP contribution in [0, 0.1) is 5.92 Å². The quantitative estimate of drug-likeness (QED) is 0.333. The monoisotopic (exact) mass is 208 g/mol. The Morgan fingerprint density at radius 3 is 1.86 bits per heavy atom. The summed E-state index contributed by atoms with van der Waals surface area (Å²) in [6.45, 7) is -0.589. The Labute approximate surface area is 83.6 Å². The second-order valence-electron chi connectivity index (χ2n) is 3.36. The van der Waals surface area contributed by atoms with Crippen LogP contribution in [-0.2, 0) is 0 Å². The Bertz CT molecular complexity index is 130. The van der Waals surface area contributed by atoms with Crippen molar-refractivity contribution < 1.29 is 25.5 Å². The SMILES string of the molecule is OCCCC(C(O)CO)C(O)CCO. The van der Waals surface area contributed by atoms with E-state index in [4.69, 9.17) is 15.3 Å². The van der Waals surface area contributed by atoms with Gasteiger partial charge in [-0.3, -0.25) is 0 Å². The number of aliphatic hydroxyl groups excluding tert-OH is 5. The van der Waals surface area contributed by atoms with Crippen LogP contribution >= 0.6 is 0 Å². The number of hydrogen-bond donors (Lipinski definition) is 5. The molecule has 3 atom stereocenters. The summed E-state index contributed by atoms with van der Waals surface area (Å²) in [7, 11) is 0. The van der Waals surface area contributed by atoms with Gasteiger partial charge in [0.25, 0.3) is 0 Å². The average Bonchev–Trinajstić information content (AvgIpc) is 2.18. The topological polar surface area (TPSA) is 101 Å². The number of aliphatic hydroxyl groups is 5. The van der Waals surface area contributed by atoms with Gasteiger partial charge in [0.05, 0.1) is 18.8 Å². The van der Waals surface area contributed by atoms with Gasteiger partial charge in [0.1, 0.15) is 0 Å². The molecule has 0 aromatic rings. The summed E-state index contributed by atoms with van der Waals surface area (Å²) in [5.41, 5.74) is 0. The minimum Gasteiger partial charge on any atom is -0.396 e. The first kappa shape index (κ1) is 13.8. The van der Waals surface area contributed by atoms with Crippen LogP contribution in [0.4, 0.5) is 0 Å². The van der Waals surface area contributed by atoms with E-state index >= 15 is 0 Å². The molecule has 0 aromatic heterocycles. The Hall–Kier alpha value is -0.200. The van der Waals surface area contributed by atoms with Gasteiger partial charge in [0.15, 0.2) is 0 Å². The van der Waals surface area contributed by atoms with Crippen molar-refractivity contribution in [3.8, 4) is 0 Å². The molecule has 3 unspecified atom stereocenters. The zero-order valence-electron chi connectivity index (χ0n) is 8.21. The average molecular weight is 208 g/mol. The Balaban J connectivity index is 4.07. The minimum absolute atomic E-state index is 0.0134. The van der Waals surface area contributed by atoms with E-state index in [1.165, 1.54) is 0 Å². The minimum atomic E-state index is -0.997.